The number of Topliss-reactive ketones (excluding diaryl/α,β-unsaturated/α-hetero) is 1. The fourth-order valence-electron chi connectivity index (χ4n) is 4.17. The molecule has 2 heterocycles. The van der Waals surface area contributed by atoms with E-state index in [1.54, 1.807) is 25.3 Å². The quantitative estimate of drug-likeness (QED) is 0.749. The van der Waals surface area contributed by atoms with Crippen LogP contribution in [-0.2, 0) is 22.0 Å². The molecular formula is C21H23FN4O3S. The number of pyridine rings is 1. The summed E-state index contributed by atoms with van der Waals surface area (Å²) in [6.07, 6.45) is 2.35. The monoisotopic (exact) mass is 430 g/mol. The molecule has 30 heavy (non-hydrogen) atoms. The van der Waals surface area contributed by atoms with Gasteiger partial charge in [-0.2, -0.15) is 0 Å². The van der Waals surface area contributed by atoms with Crippen molar-refractivity contribution in [1.29, 1.82) is 0 Å². The minimum Gasteiger partial charge on any atom is -0.369 e. The SMILES string of the molecule is Cc1ccc(C(=O)Cc2ccc(F)c([C@@]3(C)N=C(N)N(C)S(=O)(=O)C34CC4)c2)nc1. The molecule has 158 valence electrons. The summed E-state index contributed by atoms with van der Waals surface area (Å²) in [5, 5.41) is 0. The molecule has 1 atom stereocenters. The highest BCUT2D eigenvalue weighted by Gasteiger charge is 2.70. The number of ketones is 1. The molecule has 4 rings (SSSR count). The average molecular weight is 431 g/mol. The van der Waals surface area contributed by atoms with Crippen LogP contribution >= 0.6 is 0 Å². The number of carbonyl (C=O) groups is 1. The van der Waals surface area contributed by atoms with Crippen LogP contribution in [0.25, 0.3) is 0 Å². The molecule has 2 aliphatic rings. The van der Waals surface area contributed by atoms with E-state index in [1.165, 1.54) is 25.2 Å². The second-order valence-electron chi connectivity index (χ2n) is 8.14. The lowest BCUT2D eigenvalue weighted by molar-refractivity contribution is 0.0988. The molecule has 1 aromatic carbocycles. The van der Waals surface area contributed by atoms with E-state index in [9.17, 15) is 17.6 Å². The van der Waals surface area contributed by atoms with Crippen molar-refractivity contribution in [2.45, 2.75) is 43.4 Å². The van der Waals surface area contributed by atoms with Gasteiger partial charge in [-0.15, -0.1) is 0 Å². The van der Waals surface area contributed by atoms with Crippen LogP contribution in [0.3, 0.4) is 0 Å². The molecule has 1 saturated carbocycles. The molecule has 1 aliphatic heterocycles. The molecular weight excluding hydrogens is 407 g/mol. The Morgan fingerprint density at radius 3 is 2.57 bits per heavy atom. The summed E-state index contributed by atoms with van der Waals surface area (Å²) in [5.41, 5.74) is 6.45. The summed E-state index contributed by atoms with van der Waals surface area (Å²) in [6.45, 7) is 3.48. The highest BCUT2D eigenvalue weighted by molar-refractivity contribution is 7.91. The number of halogens is 1. The molecule has 0 radical (unpaired) electrons. The zero-order valence-corrected chi connectivity index (χ0v) is 17.8. The maximum Gasteiger partial charge on any atom is 0.245 e. The number of benzene rings is 1. The van der Waals surface area contributed by atoms with Crippen LogP contribution in [0.4, 0.5) is 4.39 Å². The van der Waals surface area contributed by atoms with E-state index >= 15 is 0 Å². The van der Waals surface area contributed by atoms with Crippen molar-refractivity contribution in [3.63, 3.8) is 0 Å². The fraction of sp³-hybridized carbons (Fsp3) is 0.381. The Kier molecular flexibility index (Phi) is 4.50. The van der Waals surface area contributed by atoms with Crippen molar-refractivity contribution in [2.75, 3.05) is 7.05 Å². The molecule has 2 aromatic rings. The molecule has 0 saturated heterocycles. The number of hydrogen-bond acceptors (Lipinski definition) is 6. The first-order chi connectivity index (χ1) is 14.0. The Balaban J connectivity index is 1.75. The van der Waals surface area contributed by atoms with Crippen molar-refractivity contribution in [3.8, 4) is 0 Å². The number of nitrogens with two attached hydrogens (primary N) is 1. The van der Waals surface area contributed by atoms with Crippen molar-refractivity contribution in [1.82, 2.24) is 9.29 Å². The minimum absolute atomic E-state index is 0.0122. The van der Waals surface area contributed by atoms with Crippen LogP contribution in [0.15, 0.2) is 41.5 Å². The van der Waals surface area contributed by atoms with Crippen LogP contribution in [-0.4, -0.2) is 41.2 Å². The van der Waals surface area contributed by atoms with Gasteiger partial charge in [-0.3, -0.25) is 9.78 Å². The topological polar surface area (TPSA) is 106 Å². The third kappa shape index (κ3) is 2.83. The molecule has 9 heteroatoms. The number of hydrogen-bond donors (Lipinski definition) is 1. The summed E-state index contributed by atoms with van der Waals surface area (Å²) in [4.78, 5) is 21.2. The summed E-state index contributed by atoms with van der Waals surface area (Å²) >= 11 is 0. The lowest BCUT2D eigenvalue weighted by Crippen LogP contribution is -2.58. The van der Waals surface area contributed by atoms with E-state index in [4.69, 9.17) is 5.73 Å². The van der Waals surface area contributed by atoms with Gasteiger partial charge >= 0.3 is 0 Å². The smallest absolute Gasteiger partial charge is 0.245 e. The maximum absolute atomic E-state index is 14.9. The van der Waals surface area contributed by atoms with Crippen molar-refractivity contribution in [2.24, 2.45) is 10.7 Å². The Bertz CT molecular complexity index is 1170. The largest absolute Gasteiger partial charge is 0.369 e. The first-order valence-corrected chi connectivity index (χ1v) is 11.0. The van der Waals surface area contributed by atoms with Gasteiger partial charge in [0.2, 0.25) is 16.0 Å². The highest BCUT2D eigenvalue weighted by atomic mass is 32.2. The molecule has 0 amide bonds. The third-order valence-electron chi connectivity index (χ3n) is 6.22. The Morgan fingerprint density at radius 1 is 1.27 bits per heavy atom. The summed E-state index contributed by atoms with van der Waals surface area (Å²) in [5.74, 6) is -0.970. The molecule has 0 bridgehead atoms. The first kappa shape index (κ1) is 20.5. The number of guanidine groups is 1. The number of carbonyl (C=O) groups excluding carboxylic acids is 1. The van der Waals surface area contributed by atoms with E-state index in [1.807, 2.05) is 6.92 Å². The summed E-state index contributed by atoms with van der Waals surface area (Å²) in [7, 11) is -2.44. The lowest BCUT2D eigenvalue weighted by Gasteiger charge is -2.42. The molecule has 0 unspecified atom stereocenters. The number of aromatic nitrogens is 1. The minimum atomic E-state index is -3.80. The van der Waals surface area contributed by atoms with E-state index in [0.717, 1.165) is 9.87 Å². The van der Waals surface area contributed by atoms with Crippen LogP contribution in [0.5, 0.6) is 0 Å². The Hall–Kier alpha value is -2.81. The molecule has 1 spiro atoms. The van der Waals surface area contributed by atoms with Gasteiger partial charge in [0.15, 0.2) is 5.78 Å². The Labute approximate surface area is 174 Å². The average Bonchev–Trinajstić information content (AvgIpc) is 3.51. The summed E-state index contributed by atoms with van der Waals surface area (Å²) < 4.78 is 40.8. The second kappa shape index (κ2) is 6.60. The number of aryl methyl sites for hydroxylation is 1. The molecule has 2 N–H and O–H groups in total. The van der Waals surface area contributed by atoms with Crippen LogP contribution in [0.2, 0.25) is 0 Å². The van der Waals surface area contributed by atoms with Crippen molar-refractivity contribution >= 4 is 21.8 Å². The van der Waals surface area contributed by atoms with Crippen LogP contribution in [0, 0.1) is 12.7 Å². The highest BCUT2D eigenvalue weighted by Crippen LogP contribution is 2.60. The standard InChI is InChI=1S/C21H23FN4O3S/c1-13-4-7-17(24-12-13)18(27)11-14-5-6-16(22)15(10-14)20(2)21(8-9-21)30(28,29)26(3)19(23)25-20/h4-7,10,12H,8-9,11H2,1-3H3,(H2,23,25)/t20-/m1/s1. The number of rotatable bonds is 4. The molecule has 1 aliphatic carbocycles. The zero-order chi connectivity index (χ0) is 21.9. The van der Waals surface area contributed by atoms with Crippen molar-refractivity contribution < 1.29 is 17.6 Å². The van der Waals surface area contributed by atoms with E-state index in [2.05, 4.69) is 9.98 Å². The first-order valence-electron chi connectivity index (χ1n) is 9.60. The molecule has 1 fully saturated rings. The van der Waals surface area contributed by atoms with Gasteiger partial charge in [-0.1, -0.05) is 12.1 Å². The maximum atomic E-state index is 14.9. The normalized spacial score (nSPS) is 23.9. The van der Waals surface area contributed by atoms with Gasteiger partial charge in [-0.05, 0) is 56.0 Å². The fourth-order valence-corrected chi connectivity index (χ4v) is 6.25. The van der Waals surface area contributed by atoms with Gasteiger partial charge in [-0.25, -0.2) is 22.1 Å². The Morgan fingerprint density at radius 2 is 1.97 bits per heavy atom. The van der Waals surface area contributed by atoms with E-state index < -0.39 is 26.1 Å². The number of nitrogens with zero attached hydrogens (tertiary/aromatic N) is 3. The zero-order valence-electron chi connectivity index (χ0n) is 17.0. The van der Waals surface area contributed by atoms with Gasteiger partial charge in [0.05, 0.1) is 0 Å². The second-order valence-corrected chi connectivity index (χ2v) is 10.4. The van der Waals surface area contributed by atoms with Gasteiger partial charge in [0.1, 0.15) is 21.8 Å². The lowest BCUT2D eigenvalue weighted by atomic mass is 9.85. The van der Waals surface area contributed by atoms with Gasteiger partial charge < -0.3 is 5.73 Å². The van der Waals surface area contributed by atoms with E-state index in [0.29, 0.717) is 24.1 Å². The third-order valence-corrected chi connectivity index (χ3v) is 8.92. The molecule has 7 nitrogen and oxygen atoms in total. The van der Waals surface area contributed by atoms with Gasteiger partial charge in [0.25, 0.3) is 0 Å². The van der Waals surface area contributed by atoms with Gasteiger partial charge in [0, 0.05) is 25.2 Å². The molecule has 1 aromatic heterocycles. The number of aliphatic imine (C=N–C) groups is 1. The summed E-state index contributed by atoms with van der Waals surface area (Å²) in [6, 6.07) is 7.74. The van der Waals surface area contributed by atoms with Crippen LogP contribution < -0.4 is 5.73 Å². The predicted octanol–water partition coefficient (Wildman–Crippen LogP) is 2.29. The van der Waals surface area contributed by atoms with E-state index in [-0.39, 0.29) is 23.7 Å². The predicted molar refractivity (Wildman–Crippen MR) is 111 cm³/mol. The number of sulfonamides is 1. The van der Waals surface area contributed by atoms with Crippen LogP contribution in [0.1, 0.15) is 46.9 Å². The van der Waals surface area contributed by atoms with Crippen molar-refractivity contribution in [3.05, 3.63) is 64.7 Å².